The summed E-state index contributed by atoms with van der Waals surface area (Å²) < 4.78 is 8.50. The molecular formula is C12H14BrN3O. The van der Waals surface area contributed by atoms with Gasteiger partial charge in [-0.2, -0.15) is 5.10 Å². The third-order valence-corrected chi connectivity index (χ3v) is 2.92. The Kier molecular flexibility index (Phi) is 4.17. The lowest BCUT2D eigenvalue weighted by molar-refractivity contribution is 0.477. The van der Waals surface area contributed by atoms with Crippen molar-refractivity contribution in [1.29, 1.82) is 0 Å². The van der Waals surface area contributed by atoms with Crippen molar-refractivity contribution in [2.24, 2.45) is 0 Å². The molecule has 0 aliphatic carbocycles. The molecule has 0 aliphatic rings. The molecule has 0 radical (unpaired) electrons. The highest BCUT2D eigenvalue weighted by molar-refractivity contribution is 9.10. The first kappa shape index (κ1) is 12.1. The van der Waals surface area contributed by atoms with Crippen LogP contribution in [0.5, 0.6) is 11.5 Å². The van der Waals surface area contributed by atoms with Crippen molar-refractivity contribution >= 4 is 15.9 Å². The van der Waals surface area contributed by atoms with Crippen LogP contribution in [0.25, 0.3) is 0 Å². The first-order chi connectivity index (χ1) is 8.29. The predicted molar refractivity (Wildman–Crippen MR) is 70.4 cm³/mol. The molecule has 0 unspecified atom stereocenters. The molecule has 0 saturated heterocycles. The summed E-state index contributed by atoms with van der Waals surface area (Å²) >= 11 is 3.44. The second-order valence-electron chi connectivity index (χ2n) is 3.58. The van der Waals surface area contributed by atoms with Gasteiger partial charge in [-0.25, -0.2) is 0 Å². The maximum Gasteiger partial charge on any atom is 0.165 e. The Morgan fingerprint density at radius 3 is 3.00 bits per heavy atom. The topological polar surface area (TPSA) is 39.1 Å². The van der Waals surface area contributed by atoms with Crippen LogP contribution in [0.15, 0.2) is 41.1 Å². The van der Waals surface area contributed by atoms with Gasteiger partial charge in [0.2, 0.25) is 0 Å². The molecular weight excluding hydrogens is 282 g/mol. The zero-order chi connectivity index (χ0) is 12.1. The van der Waals surface area contributed by atoms with E-state index in [1.807, 2.05) is 42.2 Å². The van der Waals surface area contributed by atoms with Gasteiger partial charge in [-0.1, -0.05) is 12.1 Å². The molecule has 0 saturated carbocycles. The quantitative estimate of drug-likeness (QED) is 0.922. The number of nitrogens with one attached hydrogen (secondary N) is 1. The summed E-state index contributed by atoms with van der Waals surface area (Å²) in [7, 11) is 1.92. The molecule has 17 heavy (non-hydrogen) atoms. The van der Waals surface area contributed by atoms with Gasteiger partial charge >= 0.3 is 0 Å². The van der Waals surface area contributed by atoms with Gasteiger partial charge in [0.15, 0.2) is 5.75 Å². The summed E-state index contributed by atoms with van der Waals surface area (Å²) in [6, 6.07) is 7.74. The Hall–Kier alpha value is -1.33. The molecule has 5 heteroatoms. The monoisotopic (exact) mass is 295 g/mol. The van der Waals surface area contributed by atoms with Gasteiger partial charge in [-0.3, -0.25) is 4.68 Å². The molecule has 1 N–H and O–H groups in total. The molecule has 2 aromatic rings. The fraction of sp³-hybridized carbons (Fsp3) is 0.250. The van der Waals surface area contributed by atoms with Gasteiger partial charge in [-0.15, -0.1) is 0 Å². The van der Waals surface area contributed by atoms with Crippen molar-refractivity contribution in [3.63, 3.8) is 0 Å². The smallest absolute Gasteiger partial charge is 0.165 e. The molecule has 0 spiro atoms. The SMILES string of the molecule is CNCCn1cc(Oc2ccccc2Br)cn1. The summed E-state index contributed by atoms with van der Waals surface area (Å²) in [6.07, 6.45) is 3.60. The van der Waals surface area contributed by atoms with E-state index in [1.54, 1.807) is 6.20 Å². The lowest BCUT2D eigenvalue weighted by atomic mass is 10.3. The number of aromatic nitrogens is 2. The average Bonchev–Trinajstić information content (AvgIpc) is 2.77. The van der Waals surface area contributed by atoms with Gasteiger partial charge in [0.25, 0.3) is 0 Å². The van der Waals surface area contributed by atoms with Crippen LogP contribution in [0.4, 0.5) is 0 Å². The van der Waals surface area contributed by atoms with E-state index in [2.05, 4.69) is 26.3 Å². The third-order valence-electron chi connectivity index (χ3n) is 2.26. The van der Waals surface area contributed by atoms with Crippen LogP contribution >= 0.6 is 15.9 Å². The molecule has 0 aliphatic heterocycles. The maximum absolute atomic E-state index is 5.72. The second-order valence-corrected chi connectivity index (χ2v) is 4.43. The Labute approximate surface area is 109 Å². The summed E-state index contributed by atoms with van der Waals surface area (Å²) in [4.78, 5) is 0. The number of benzene rings is 1. The summed E-state index contributed by atoms with van der Waals surface area (Å²) in [6.45, 7) is 1.71. The largest absolute Gasteiger partial charge is 0.453 e. The van der Waals surface area contributed by atoms with Crippen LogP contribution < -0.4 is 10.1 Å². The Morgan fingerprint density at radius 1 is 1.41 bits per heavy atom. The van der Waals surface area contributed by atoms with Gasteiger partial charge in [0.1, 0.15) is 5.75 Å². The number of halogens is 1. The highest BCUT2D eigenvalue weighted by Gasteiger charge is 2.03. The van der Waals surface area contributed by atoms with Crippen molar-refractivity contribution in [3.8, 4) is 11.5 Å². The van der Waals surface area contributed by atoms with Crippen molar-refractivity contribution in [1.82, 2.24) is 15.1 Å². The fourth-order valence-corrected chi connectivity index (χ4v) is 1.77. The molecule has 2 rings (SSSR count). The van der Waals surface area contributed by atoms with E-state index in [1.165, 1.54) is 0 Å². The minimum Gasteiger partial charge on any atom is -0.453 e. The van der Waals surface area contributed by atoms with Crippen LogP contribution in [-0.2, 0) is 6.54 Å². The molecule has 1 aromatic heterocycles. The number of likely N-dealkylation sites (N-methyl/N-ethyl adjacent to an activating group) is 1. The summed E-state index contributed by atoms with van der Waals surface area (Å²) in [5, 5.41) is 7.29. The predicted octanol–water partition coefficient (Wildman–Crippen LogP) is 2.66. The molecule has 0 bridgehead atoms. The number of hydrogen-bond donors (Lipinski definition) is 1. The minimum absolute atomic E-state index is 0.744. The molecule has 1 heterocycles. The molecule has 90 valence electrons. The first-order valence-corrected chi connectivity index (χ1v) is 6.18. The highest BCUT2D eigenvalue weighted by Crippen LogP contribution is 2.28. The van der Waals surface area contributed by atoms with E-state index in [0.29, 0.717) is 0 Å². The van der Waals surface area contributed by atoms with Crippen LogP contribution in [0, 0.1) is 0 Å². The molecule has 4 nitrogen and oxygen atoms in total. The van der Waals surface area contributed by atoms with E-state index in [0.717, 1.165) is 29.1 Å². The Balaban J connectivity index is 2.04. The second kappa shape index (κ2) is 5.84. The molecule has 0 atom stereocenters. The van der Waals surface area contributed by atoms with Gasteiger partial charge in [0.05, 0.1) is 23.4 Å². The minimum atomic E-state index is 0.744. The van der Waals surface area contributed by atoms with Crippen molar-refractivity contribution in [2.45, 2.75) is 6.54 Å². The lowest BCUT2D eigenvalue weighted by Gasteiger charge is -2.04. The van der Waals surface area contributed by atoms with E-state index in [9.17, 15) is 0 Å². The normalized spacial score (nSPS) is 10.5. The van der Waals surface area contributed by atoms with Gasteiger partial charge < -0.3 is 10.1 Å². The maximum atomic E-state index is 5.72. The van der Waals surface area contributed by atoms with Crippen LogP contribution in [-0.4, -0.2) is 23.4 Å². The number of nitrogens with zero attached hydrogens (tertiary/aromatic N) is 2. The van der Waals surface area contributed by atoms with Crippen molar-refractivity contribution < 1.29 is 4.74 Å². The van der Waals surface area contributed by atoms with Crippen LogP contribution in [0.1, 0.15) is 0 Å². The average molecular weight is 296 g/mol. The molecule has 0 amide bonds. The number of hydrogen-bond acceptors (Lipinski definition) is 3. The summed E-state index contributed by atoms with van der Waals surface area (Å²) in [5.41, 5.74) is 0. The lowest BCUT2D eigenvalue weighted by Crippen LogP contribution is -2.14. The van der Waals surface area contributed by atoms with E-state index in [4.69, 9.17) is 4.74 Å². The summed E-state index contributed by atoms with van der Waals surface area (Å²) in [5.74, 6) is 1.54. The van der Waals surface area contributed by atoms with Gasteiger partial charge in [-0.05, 0) is 35.1 Å². The standard InChI is InChI=1S/C12H14BrN3O/c1-14-6-7-16-9-10(8-15-16)17-12-5-3-2-4-11(12)13/h2-5,8-9,14H,6-7H2,1H3. The molecule has 1 aromatic carbocycles. The Bertz CT molecular complexity index is 484. The Morgan fingerprint density at radius 2 is 2.24 bits per heavy atom. The van der Waals surface area contributed by atoms with E-state index < -0.39 is 0 Å². The number of para-hydroxylation sites is 1. The number of ether oxygens (including phenoxy) is 1. The van der Waals surface area contributed by atoms with Crippen LogP contribution in [0.3, 0.4) is 0 Å². The van der Waals surface area contributed by atoms with Crippen molar-refractivity contribution in [3.05, 3.63) is 41.1 Å². The zero-order valence-electron chi connectivity index (χ0n) is 9.56. The van der Waals surface area contributed by atoms with E-state index >= 15 is 0 Å². The van der Waals surface area contributed by atoms with E-state index in [-0.39, 0.29) is 0 Å². The number of rotatable bonds is 5. The van der Waals surface area contributed by atoms with Gasteiger partial charge in [0, 0.05) is 6.54 Å². The van der Waals surface area contributed by atoms with Crippen molar-refractivity contribution in [2.75, 3.05) is 13.6 Å². The fourth-order valence-electron chi connectivity index (χ4n) is 1.40. The van der Waals surface area contributed by atoms with Crippen LogP contribution in [0.2, 0.25) is 0 Å². The molecule has 0 fully saturated rings. The zero-order valence-corrected chi connectivity index (χ0v) is 11.1. The first-order valence-electron chi connectivity index (χ1n) is 5.39. The third kappa shape index (κ3) is 3.31. The highest BCUT2D eigenvalue weighted by atomic mass is 79.9.